The monoisotopic (exact) mass is 412 g/mol. The van der Waals surface area contributed by atoms with Crippen LogP contribution in [0.3, 0.4) is 0 Å². The molecule has 0 amide bonds. The van der Waals surface area contributed by atoms with Gasteiger partial charge in [-0.25, -0.2) is 9.37 Å². The molecule has 0 fully saturated rings. The van der Waals surface area contributed by atoms with Gasteiger partial charge in [0, 0.05) is 29.3 Å². The van der Waals surface area contributed by atoms with Crippen molar-refractivity contribution >= 4 is 33.3 Å². The molecule has 0 N–H and O–H groups in total. The first-order chi connectivity index (χ1) is 13.6. The molecule has 0 radical (unpaired) electrons. The van der Waals surface area contributed by atoms with Crippen molar-refractivity contribution < 1.29 is 9.13 Å². The number of nitrogens with zero attached hydrogens (tertiary/aromatic N) is 2. The molecule has 0 bridgehead atoms. The van der Waals surface area contributed by atoms with Crippen molar-refractivity contribution in [1.29, 1.82) is 0 Å². The maximum atomic E-state index is 13.2. The Kier molecular flexibility index (Phi) is 5.19. The number of aromatic nitrogens is 2. The van der Waals surface area contributed by atoms with Gasteiger partial charge in [-0.3, -0.25) is 9.36 Å². The zero-order chi connectivity index (χ0) is 19.7. The van der Waals surface area contributed by atoms with Gasteiger partial charge >= 0.3 is 0 Å². The fraction of sp³-hybridized carbons (Fsp3) is 0.143. The quantitative estimate of drug-likeness (QED) is 0.338. The van der Waals surface area contributed by atoms with E-state index in [1.807, 2.05) is 29.6 Å². The van der Waals surface area contributed by atoms with Crippen molar-refractivity contribution in [2.45, 2.75) is 10.9 Å². The second-order valence-electron chi connectivity index (χ2n) is 6.20. The summed E-state index contributed by atoms with van der Waals surface area (Å²) in [6.45, 7) is 0. The molecule has 2 heterocycles. The molecular weight excluding hydrogens is 395 g/mol. The normalized spacial score (nSPS) is 11.1. The van der Waals surface area contributed by atoms with Crippen LogP contribution in [-0.4, -0.2) is 16.7 Å². The molecule has 142 valence electrons. The predicted octanol–water partition coefficient (Wildman–Crippen LogP) is 5.10. The number of fused-ring (bicyclic) bond motifs is 1. The lowest BCUT2D eigenvalue weighted by atomic mass is 10.1. The molecule has 2 aromatic carbocycles. The van der Waals surface area contributed by atoms with Gasteiger partial charge in [0.2, 0.25) is 0 Å². The van der Waals surface area contributed by atoms with E-state index in [-0.39, 0.29) is 11.4 Å². The van der Waals surface area contributed by atoms with Crippen LogP contribution in [0.25, 0.3) is 21.3 Å². The Labute approximate surface area is 169 Å². The third-order valence-electron chi connectivity index (χ3n) is 4.48. The van der Waals surface area contributed by atoms with Gasteiger partial charge in [0.15, 0.2) is 5.16 Å². The molecule has 0 saturated heterocycles. The zero-order valence-electron chi connectivity index (χ0n) is 15.3. The highest BCUT2D eigenvalue weighted by Crippen LogP contribution is 2.33. The van der Waals surface area contributed by atoms with Crippen LogP contribution in [0.5, 0.6) is 5.75 Å². The van der Waals surface area contributed by atoms with E-state index in [0.29, 0.717) is 21.1 Å². The molecule has 0 aliphatic rings. The van der Waals surface area contributed by atoms with E-state index in [4.69, 9.17) is 9.72 Å². The Morgan fingerprint density at radius 3 is 2.68 bits per heavy atom. The van der Waals surface area contributed by atoms with Crippen LogP contribution in [-0.2, 0) is 12.8 Å². The first-order valence-electron chi connectivity index (χ1n) is 8.57. The van der Waals surface area contributed by atoms with Crippen LogP contribution in [0.1, 0.15) is 5.56 Å². The highest BCUT2D eigenvalue weighted by molar-refractivity contribution is 7.98. The third-order valence-corrected chi connectivity index (χ3v) is 6.43. The van der Waals surface area contributed by atoms with Gasteiger partial charge in [0.25, 0.3) is 5.56 Å². The minimum absolute atomic E-state index is 0.104. The first kappa shape index (κ1) is 18.7. The smallest absolute Gasteiger partial charge is 0.263 e. The summed E-state index contributed by atoms with van der Waals surface area (Å²) >= 11 is 2.92. The maximum absolute atomic E-state index is 13.2. The summed E-state index contributed by atoms with van der Waals surface area (Å²) in [4.78, 5) is 18.4. The summed E-state index contributed by atoms with van der Waals surface area (Å²) in [5.41, 5.74) is 2.53. The number of thiophene rings is 1. The van der Waals surface area contributed by atoms with Gasteiger partial charge in [0.05, 0.1) is 12.5 Å². The topological polar surface area (TPSA) is 44.1 Å². The van der Waals surface area contributed by atoms with E-state index >= 15 is 0 Å². The van der Waals surface area contributed by atoms with Crippen molar-refractivity contribution in [2.75, 3.05) is 7.11 Å². The van der Waals surface area contributed by atoms with Gasteiger partial charge in [0.1, 0.15) is 16.4 Å². The summed E-state index contributed by atoms with van der Waals surface area (Å²) in [6, 6.07) is 14.0. The van der Waals surface area contributed by atoms with Crippen molar-refractivity contribution in [1.82, 2.24) is 9.55 Å². The molecule has 0 unspecified atom stereocenters. The molecule has 0 aliphatic carbocycles. The summed E-state index contributed by atoms with van der Waals surface area (Å²) in [5, 5.41) is 3.12. The number of halogens is 1. The number of hydrogen-bond acceptors (Lipinski definition) is 5. The van der Waals surface area contributed by atoms with Crippen molar-refractivity contribution in [2.24, 2.45) is 7.05 Å². The van der Waals surface area contributed by atoms with Crippen molar-refractivity contribution in [3.63, 3.8) is 0 Å². The van der Waals surface area contributed by atoms with Gasteiger partial charge in [-0.2, -0.15) is 0 Å². The van der Waals surface area contributed by atoms with Gasteiger partial charge < -0.3 is 4.74 Å². The molecule has 2 aromatic heterocycles. The molecule has 4 rings (SSSR count). The average Bonchev–Trinajstić information content (AvgIpc) is 3.14. The number of hydrogen-bond donors (Lipinski definition) is 0. The molecule has 0 spiro atoms. The summed E-state index contributed by atoms with van der Waals surface area (Å²) in [6.07, 6.45) is 0. The number of benzene rings is 2. The molecule has 7 heteroatoms. The van der Waals surface area contributed by atoms with Crippen LogP contribution in [0.2, 0.25) is 0 Å². The lowest BCUT2D eigenvalue weighted by Gasteiger charge is -2.10. The van der Waals surface area contributed by atoms with Gasteiger partial charge in [-0.05, 0) is 23.8 Å². The Morgan fingerprint density at radius 1 is 1.18 bits per heavy atom. The van der Waals surface area contributed by atoms with Crippen LogP contribution < -0.4 is 10.3 Å². The van der Waals surface area contributed by atoms with Crippen LogP contribution in [0.4, 0.5) is 4.39 Å². The lowest BCUT2D eigenvalue weighted by Crippen LogP contribution is -2.19. The van der Waals surface area contributed by atoms with Crippen LogP contribution >= 0.6 is 23.1 Å². The first-order valence-corrected chi connectivity index (χ1v) is 10.4. The van der Waals surface area contributed by atoms with Gasteiger partial charge in [-0.15, -0.1) is 11.3 Å². The largest absolute Gasteiger partial charge is 0.496 e. The standard InChI is InChI=1S/C21H17FN2O2S2/c1-24-20(25)18-16(13-7-9-15(22)10-8-13)12-27-19(18)23-21(24)28-11-14-5-3-4-6-17(14)26-2/h3-10,12H,11H2,1-2H3. The van der Waals surface area contributed by atoms with E-state index in [2.05, 4.69) is 0 Å². The van der Waals surface area contributed by atoms with E-state index in [9.17, 15) is 9.18 Å². The van der Waals surface area contributed by atoms with Crippen LogP contribution in [0, 0.1) is 5.82 Å². The summed E-state index contributed by atoms with van der Waals surface area (Å²) < 4.78 is 20.2. The molecule has 4 aromatic rings. The SMILES string of the molecule is COc1ccccc1CSc1nc2scc(-c3ccc(F)cc3)c2c(=O)n1C. The molecule has 0 aliphatic heterocycles. The molecular formula is C21H17FN2O2S2. The van der Waals surface area contributed by atoms with Crippen LogP contribution in [0.15, 0.2) is 63.9 Å². The summed E-state index contributed by atoms with van der Waals surface area (Å²) in [7, 11) is 3.37. The fourth-order valence-electron chi connectivity index (χ4n) is 2.99. The molecule has 0 atom stereocenters. The van der Waals surface area contributed by atoms with Crippen molar-refractivity contribution in [3.8, 4) is 16.9 Å². The van der Waals surface area contributed by atoms with E-state index in [1.54, 1.807) is 30.9 Å². The van der Waals surface area contributed by atoms with E-state index < -0.39 is 0 Å². The van der Waals surface area contributed by atoms with Gasteiger partial charge in [-0.1, -0.05) is 42.1 Å². The van der Waals surface area contributed by atoms with E-state index in [1.165, 1.54) is 35.2 Å². The minimum Gasteiger partial charge on any atom is -0.496 e. The molecule has 28 heavy (non-hydrogen) atoms. The number of thioether (sulfide) groups is 1. The predicted molar refractivity (Wildman–Crippen MR) is 113 cm³/mol. The lowest BCUT2D eigenvalue weighted by molar-refractivity contribution is 0.411. The Morgan fingerprint density at radius 2 is 1.93 bits per heavy atom. The van der Waals surface area contributed by atoms with E-state index in [0.717, 1.165) is 22.4 Å². The molecule has 4 nitrogen and oxygen atoms in total. The fourth-order valence-corrected chi connectivity index (χ4v) is 4.94. The Balaban J connectivity index is 1.71. The molecule has 0 saturated carbocycles. The Bertz CT molecular complexity index is 1200. The zero-order valence-corrected chi connectivity index (χ0v) is 16.9. The number of rotatable bonds is 5. The highest BCUT2D eigenvalue weighted by Gasteiger charge is 2.16. The van der Waals surface area contributed by atoms with Crippen molar-refractivity contribution in [3.05, 3.63) is 75.6 Å². The second-order valence-corrected chi connectivity index (χ2v) is 8.00. The second kappa shape index (κ2) is 7.77. The average molecular weight is 413 g/mol. The number of para-hydroxylation sites is 1. The number of ether oxygens (including phenoxy) is 1. The maximum Gasteiger partial charge on any atom is 0.263 e. The summed E-state index contributed by atoms with van der Waals surface area (Å²) in [5.74, 6) is 1.16. The minimum atomic E-state index is -0.302. The third kappa shape index (κ3) is 3.43. The number of methoxy groups -OCH3 is 1. The Hall–Kier alpha value is -2.64. The highest BCUT2D eigenvalue weighted by atomic mass is 32.2.